The molecule has 4 N–H and O–H groups in total. The van der Waals surface area contributed by atoms with Crippen molar-refractivity contribution in [1.29, 1.82) is 0 Å². The molecule has 3 amide bonds. The number of carbonyl (C=O) groups excluding carboxylic acids is 2. The first-order chi connectivity index (χ1) is 16.6. The number of amides is 3. The van der Waals surface area contributed by atoms with Crippen molar-refractivity contribution in [2.75, 3.05) is 12.4 Å². The van der Waals surface area contributed by atoms with Crippen LogP contribution in [0.15, 0.2) is 39.6 Å². The number of carboxylic acids is 1. The molecule has 0 fully saturated rings. The number of nitrogens with zero attached hydrogens (tertiary/aromatic N) is 2. The van der Waals surface area contributed by atoms with Gasteiger partial charge in [-0.2, -0.15) is 0 Å². The van der Waals surface area contributed by atoms with E-state index in [0.29, 0.717) is 0 Å². The number of nitrogens with two attached hydrogens (primary N) is 1. The summed E-state index contributed by atoms with van der Waals surface area (Å²) >= 11 is 0. The van der Waals surface area contributed by atoms with Crippen LogP contribution >= 0.6 is 0 Å². The van der Waals surface area contributed by atoms with Crippen molar-refractivity contribution in [3.63, 3.8) is 0 Å². The summed E-state index contributed by atoms with van der Waals surface area (Å²) in [6.07, 6.45) is 5.62. The highest BCUT2D eigenvalue weighted by Crippen LogP contribution is 2.38. The molecule has 2 aliphatic rings. The number of aliphatic carboxylic acids is 1. The molecule has 0 radical (unpaired) electrons. The van der Waals surface area contributed by atoms with Crippen LogP contribution in [-0.2, 0) is 51.7 Å². The second-order valence-corrected chi connectivity index (χ2v) is 10.9. The molecule has 186 valence electrons. The van der Waals surface area contributed by atoms with Gasteiger partial charge in [0.15, 0.2) is 0 Å². The maximum Gasteiger partial charge on any atom is 0.354 e. The summed E-state index contributed by atoms with van der Waals surface area (Å²) in [5.74, 6) is -1.31. The second-order valence-electron chi connectivity index (χ2n) is 9.11. The summed E-state index contributed by atoms with van der Waals surface area (Å²) in [7, 11) is -1.89. The highest BCUT2D eigenvalue weighted by Gasteiger charge is 2.25. The molecule has 1 atom stereocenters. The van der Waals surface area contributed by atoms with Crippen LogP contribution < -0.4 is 10.5 Å². The van der Waals surface area contributed by atoms with Crippen LogP contribution in [-0.4, -0.2) is 39.2 Å². The van der Waals surface area contributed by atoms with Crippen molar-refractivity contribution in [1.82, 2.24) is 4.90 Å². The van der Waals surface area contributed by atoms with E-state index in [2.05, 4.69) is 15.7 Å². The Bertz CT molecular complexity index is 1260. The fourth-order valence-electron chi connectivity index (χ4n) is 4.83. The normalized spacial score (nSPS) is 15.6. The van der Waals surface area contributed by atoms with Gasteiger partial charge in [0.1, 0.15) is 9.92 Å². The quantitative estimate of drug-likeness (QED) is 0.536. The van der Waals surface area contributed by atoms with Gasteiger partial charge in [-0.05, 0) is 78.5 Å². The van der Waals surface area contributed by atoms with Gasteiger partial charge in [0.2, 0.25) is 5.91 Å². The van der Waals surface area contributed by atoms with E-state index in [1.807, 2.05) is 0 Å². The molecular weight excluding hydrogens is 468 g/mol. The topological polar surface area (TPSA) is 142 Å². The molecule has 9 nitrogen and oxygen atoms in total. The molecule has 4 rings (SSSR count). The lowest BCUT2D eigenvalue weighted by Gasteiger charge is -2.17. The molecule has 0 aliphatic heterocycles. The van der Waals surface area contributed by atoms with Crippen LogP contribution in [0.3, 0.4) is 0 Å². The summed E-state index contributed by atoms with van der Waals surface area (Å²) in [6.45, 7) is 0.256. The lowest BCUT2D eigenvalue weighted by atomic mass is 9.99. The lowest BCUT2D eigenvalue weighted by Crippen LogP contribution is -2.26. The largest absolute Gasteiger partial charge is 0.481 e. The second kappa shape index (κ2) is 10.2. The van der Waals surface area contributed by atoms with Gasteiger partial charge in [-0.15, -0.1) is 4.36 Å². The van der Waals surface area contributed by atoms with Gasteiger partial charge >= 0.3 is 12.0 Å². The zero-order valence-corrected chi connectivity index (χ0v) is 20.5. The van der Waals surface area contributed by atoms with Crippen LogP contribution in [0.1, 0.15) is 53.5 Å². The van der Waals surface area contributed by atoms with E-state index in [9.17, 15) is 18.6 Å². The summed E-state index contributed by atoms with van der Waals surface area (Å²) in [6, 6.07) is 7.92. The highest BCUT2D eigenvalue weighted by atomic mass is 32.2. The summed E-state index contributed by atoms with van der Waals surface area (Å²) in [4.78, 5) is 37.1. The Morgan fingerprint density at radius 1 is 1.03 bits per heavy atom. The molecule has 2 aliphatic carbocycles. The van der Waals surface area contributed by atoms with E-state index in [-0.39, 0.29) is 30.2 Å². The van der Waals surface area contributed by atoms with E-state index in [1.165, 1.54) is 28.2 Å². The van der Waals surface area contributed by atoms with Gasteiger partial charge in [0, 0.05) is 25.7 Å². The Morgan fingerprint density at radius 2 is 1.63 bits per heavy atom. The third-order valence-electron chi connectivity index (χ3n) is 6.58. The molecule has 1 unspecified atom stereocenters. The molecule has 0 saturated heterocycles. The number of anilines is 1. The van der Waals surface area contributed by atoms with E-state index in [1.54, 1.807) is 19.2 Å². The minimum atomic E-state index is -3.47. The predicted octanol–water partition coefficient (Wildman–Crippen LogP) is 3.42. The average molecular weight is 499 g/mol. The van der Waals surface area contributed by atoms with Gasteiger partial charge in [-0.25, -0.2) is 14.1 Å². The van der Waals surface area contributed by atoms with Crippen LogP contribution in [0.25, 0.3) is 0 Å². The standard InChI is InChI=1S/C25H30N4O5S/c1-29(22(30)12-13-23(31)32)15-16-8-10-19(11-9-16)35(26,34)28-25(33)27-24-20-6-2-4-17(20)14-18-5-3-7-21(18)24/h8-11,14H,2-7,12-13,15H2,1H3,(H,31,32)(H3,26,27,28,33,34). The molecule has 0 bridgehead atoms. The van der Waals surface area contributed by atoms with Gasteiger partial charge in [0.25, 0.3) is 0 Å². The van der Waals surface area contributed by atoms with Gasteiger partial charge in [-0.1, -0.05) is 18.2 Å². The molecule has 0 heterocycles. The summed E-state index contributed by atoms with van der Waals surface area (Å²) in [5, 5.41) is 17.6. The zero-order valence-electron chi connectivity index (χ0n) is 19.7. The number of aryl methyl sites for hydroxylation is 2. The fourth-order valence-corrected chi connectivity index (χ4v) is 5.75. The fraction of sp³-hybridized carbons (Fsp3) is 0.400. The molecule has 35 heavy (non-hydrogen) atoms. The minimum Gasteiger partial charge on any atom is -0.481 e. The van der Waals surface area contributed by atoms with E-state index in [0.717, 1.165) is 60.9 Å². The van der Waals surface area contributed by atoms with E-state index >= 15 is 0 Å². The number of hydrogen-bond donors (Lipinski definition) is 3. The van der Waals surface area contributed by atoms with Crippen molar-refractivity contribution in [2.24, 2.45) is 9.50 Å². The van der Waals surface area contributed by atoms with Crippen molar-refractivity contribution >= 4 is 33.5 Å². The molecule has 0 spiro atoms. The number of nitrogens with one attached hydrogen (secondary N) is 1. The zero-order chi connectivity index (χ0) is 25.2. The molecule has 0 aromatic heterocycles. The molecule has 2 aromatic carbocycles. The molecule has 0 saturated carbocycles. The molecular formula is C25H30N4O5S. The van der Waals surface area contributed by atoms with Crippen molar-refractivity contribution in [3.05, 3.63) is 58.1 Å². The van der Waals surface area contributed by atoms with Gasteiger partial charge in [0.05, 0.1) is 11.3 Å². The number of hydrogen-bond acceptors (Lipinski definition) is 4. The van der Waals surface area contributed by atoms with Crippen LogP contribution in [0, 0.1) is 0 Å². The van der Waals surface area contributed by atoms with Crippen LogP contribution in [0.5, 0.6) is 0 Å². The average Bonchev–Trinajstić information content (AvgIpc) is 3.46. The predicted molar refractivity (Wildman–Crippen MR) is 132 cm³/mol. The van der Waals surface area contributed by atoms with Crippen LogP contribution in [0.2, 0.25) is 0 Å². The lowest BCUT2D eigenvalue weighted by molar-refractivity contribution is -0.140. The number of carboxylic acid groups (broad SMARTS) is 1. The first-order valence-corrected chi connectivity index (χ1v) is 13.3. The van der Waals surface area contributed by atoms with Gasteiger partial charge in [-0.3, -0.25) is 9.59 Å². The maximum absolute atomic E-state index is 13.1. The smallest absolute Gasteiger partial charge is 0.354 e. The Hall–Kier alpha value is -3.24. The van der Waals surface area contributed by atoms with Crippen molar-refractivity contribution in [3.8, 4) is 0 Å². The number of benzene rings is 2. The Balaban J connectivity index is 1.46. The number of carbonyl (C=O) groups is 3. The van der Waals surface area contributed by atoms with Crippen molar-refractivity contribution in [2.45, 2.75) is 62.8 Å². The number of urea groups is 1. The number of fused-ring (bicyclic) bond motifs is 2. The maximum atomic E-state index is 13.1. The Kier molecular flexibility index (Phi) is 7.23. The first kappa shape index (κ1) is 24.9. The van der Waals surface area contributed by atoms with Gasteiger partial charge < -0.3 is 15.3 Å². The summed E-state index contributed by atoms with van der Waals surface area (Å²) < 4.78 is 16.9. The molecule has 2 aromatic rings. The van der Waals surface area contributed by atoms with Crippen molar-refractivity contribution < 1.29 is 23.7 Å². The third kappa shape index (κ3) is 5.71. The first-order valence-electron chi connectivity index (χ1n) is 11.7. The Labute approximate surface area is 205 Å². The highest BCUT2D eigenvalue weighted by molar-refractivity contribution is 7.91. The minimum absolute atomic E-state index is 0.0810. The van der Waals surface area contributed by atoms with E-state index < -0.39 is 21.9 Å². The Morgan fingerprint density at radius 3 is 2.20 bits per heavy atom. The SMILES string of the molecule is CN(Cc1ccc(S(N)(=O)=NC(=O)Nc2c3c(cc4c2CCC4)CCC3)cc1)C(=O)CCC(=O)O. The summed E-state index contributed by atoms with van der Waals surface area (Å²) in [5.41, 5.74) is 6.43. The third-order valence-corrected chi connectivity index (χ3v) is 7.97. The monoisotopic (exact) mass is 498 g/mol. The van der Waals surface area contributed by atoms with E-state index in [4.69, 9.17) is 10.2 Å². The van der Waals surface area contributed by atoms with Crippen LogP contribution in [0.4, 0.5) is 10.5 Å². The number of rotatable bonds is 7. The molecule has 10 heteroatoms.